The predicted octanol–water partition coefficient (Wildman–Crippen LogP) is 2.13. The average molecular weight is 391 g/mol. The number of nitrogens with zero attached hydrogens (tertiary/aromatic N) is 1. The van der Waals surface area contributed by atoms with Gasteiger partial charge in [-0.15, -0.1) is 0 Å². The second kappa shape index (κ2) is 8.06. The van der Waals surface area contributed by atoms with Crippen molar-refractivity contribution in [3.63, 3.8) is 0 Å². The minimum absolute atomic E-state index is 0.106. The summed E-state index contributed by atoms with van der Waals surface area (Å²) in [6, 6.07) is 12.9. The van der Waals surface area contributed by atoms with Gasteiger partial charge in [-0.05, 0) is 43.2 Å². The van der Waals surface area contributed by atoms with Gasteiger partial charge in [-0.3, -0.25) is 4.79 Å². The van der Waals surface area contributed by atoms with Gasteiger partial charge in [0, 0.05) is 37.4 Å². The van der Waals surface area contributed by atoms with Crippen LogP contribution in [0.5, 0.6) is 0 Å². The normalized spacial score (nSPS) is 14.0. The number of hydrogen-bond acceptors (Lipinski definition) is 4. The zero-order valence-corrected chi connectivity index (χ0v) is 15.8. The van der Waals surface area contributed by atoms with Gasteiger partial charge in [0.2, 0.25) is 10.0 Å². The molecule has 2 aromatic rings. The Labute approximate surface area is 158 Å². The Hall–Kier alpha value is -2.45. The molecule has 27 heavy (non-hydrogen) atoms. The van der Waals surface area contributed by atoms with E-state index in [-0.39, 0.29) is 11.6 Å². The molecule has 0 radical (unpaired) electrons. The number of rotatable bonds is 8. The first kappa shape index (κ1) is 19.3. The summed E-state index contributed by atoms with van der Waals surface area (Å²) in [5.74, 6) is -1.32. The van der Waals surface area contributed by atoms with Crippen LogP contribution in [0.3, 0.4) is 0 Å². The monoisotopic (exact) mass is 391 g/mol. The number of amides is 1. The van der Waals surface area contributed by atoms with E-state index in [0.29, 0.717) is 13.1 Å². The van der Waals surface area contributed by atoms with Crippen LogP contribution in [0.2, 0.25) is 0 Å². The van der Waals surface area contributed by atoms with Gasteiger partial charge in [0.05, 0.1) is 0 Å². The Morgan fingerprint density at radius 1 is 1.19 bits per heavy atom. The summed E-state index contributed by atoms with van der Waals surface area (Å²) in [6.45, 7) is 0.940. The van der Waals surface area contributed by atoms with Gasteiger partial charge in [-0.1, -0.05) is 18.2 Å². The van der Waals surface area contributed by atoms with Crippen molar-refractivity contribution in [2.75, 3.05) is 25.0 Å². The molecule has 1 aliphatic rings. The molecule has 2 aromatic carbocycles. The summed E-state index contributed by atoms with van der Waals surface area (Å²) in [5, 5.41) is 2.73. The zero-order valence-electron chi connectivity index (χ0n) is 15.0. The Balaban J connectivity index is 1.62. The molecule has 0 atom stereocenters. The summed E-state index contributed by atoms with van der Waals surface area (Å²) < 4.78 is 40.9. The lowest BCUT2D eigenvalue weighted by Crippen LogP contribution is -2.33. The number of hydrogen-bond donors (Lipinski definition) is 2. The van der Waals surface area contributed by atoms with E-state index in [1.54, 1.807) is 0 Å². The lowest BCUT2D eigenvalue weighted by Gasteiger charge is -2.19. The second-order valence-corrected chi connectivity index (χ2v) is 8.24. The molecule has 1 saturated carbocycles. The van der Waals surface area contributed by atoms with Crippen molar-refractivity contribution in [3.8, 4) is 0 Å². The third-order valence-corrected chi connectivity index (χ3v) is 5.85. The Morgan fingerprint density at radius 3 is 2.56 bits per heavy atom. The van der Waals surface area contributed by atoms with Gasteiger partial charge in [-0.2, -0.15) is 0 Å². The van der Waals surface area contributed by atoms with Crippen LogP contribution >= 0.6 is 0 Å². The van der Waals surface area contributed by atoms with Gasteiger partial charge in [-0.25, -0.2) is 17.5 Å². The molecule has 1 aliphatic carbocycles. The number of carbonyl (C=O) groups is 1. The molecule has 3 rings (SSSR count). The van der Waals surface area contributed by atoms with Crippen molar-refractivity contribution in [2.45, 2.75) is 23.8 Å². The highest BCUT2D eigenvalue weighted by Gasteiger charge is 2.30. The van der Waals surface area contributed by atoms with E-state index in [4.69, 9.17) is 0 Å². The number of carbonyl (C=O) groups excluding carboxylic acids is 1. The van der Waals surface area contributed by atoms with E-state index in [0.717, 1.165) is 30.7 Å². The van der Waals surface area contributed by atoms with E-state index < -0.39 is 26.6 Å². The van der Waals surface area contributed by atoms with Crippen LogP contribution in [0.4, 0.5) is 10.1 Å². The van der Waals surface area contributed by atoms with Crippen LogP contribution < -0.4 is 14.9 Å². The number of sulfonamides is 1. The zero-order chi connectivity index (χ0) is 19.4. The van der Waals surface area contributed by atoms with Crippen molar-refractivity contribution in [3.05, 3.63) is 59.9 Å². The second-order valence-electron chi connectivity index (χ2n) is 6.55. The molecule has 144 valence electrons. The fraction of sp³-hybridized carbons (Fsp3) is 0.316. The van der Waals surface area contributed by atoms with Crippen molar-refractivity contribution in [1.29, 1.82) is 0 Å². The van der Waals surface area contributed by atoms with Crippen molar-refractivity contribution in [2.24, 2.45) is 0 Å². The topological polar surface area (TPSA) is 78.5 Å². The molecule has 8 heteroatoms. The maximum atomic E-state index is 14.0. The van der Waals surface area contributed by atoms with Gasteiger partial charge in [0.1, 0.15) is 10.7 Å². The molecule has 0 heterocycles. The largest absolute Gasteiger partial charge is 0.373 e. The standard InChI is InChI=1S/C19H22FN3O3S/c1-23(16-5-3-2-4-6-16)12-11-21-19(24)14-7-10-17(20)18(13-14)27(25,26)22-15-8-9-15/h2-7,10,13,15,22H,8-9,11-12H2,1H3,(H,21,24). The molecule has 0 spiro atoms. The Bertz CT molecular complexity index is 915. The predicted molar refractivity (Wildman–Crippen MR) is 102 cm³/mol. The summed E-state index contributed by atoms with van der Waals surface area (Å²) in [4.78, 5) is 13.8. The Morgan fingerprint density at radius 2 is 1.89 bits per heavy atom. The van der Waals surface area contributed by atoms with E-state index in [1.165, 1.54) is 6.07 Å². The van der Waals surface area contributed by atoms with Crippen molar-refractivity contribution < 1.29 is 17.6 Å². The number of anilines is 1. The number of likely N-dealkylation sites (N-methyl/N-ethyl adjacent to an activating group) is 1. The summed E-state index contributed by atoms with van der Waals surface area (Å²) >= 11 is 0. The van der Waals surface area contributed by atoms with E-state index >= 15 is 0 Å². The molecule has 1 amide bonds. The molecular weight excluding hydrogens is 369 g/mol. The molecule has 0 aromatic heterocycles. The van der Waals surface area contributed by atoms with Crippen LogP contribution in [0.1, 0.15) is 23.2 Å². The number of para-hydroxylation sites is 1. The first-order chi connectivity index (χ1) is 12.9. The highest BCUT2D eigenvalue weighted by molar-refractivity contribution is 7.89. The molecule has 2 N–H and O–H groups in total. The van der Waals surface area contributed by atoms with Crippen LogP contribution in [0.25, 0.3) is 0 Å². The lowest BCUT2D eigenvalue weighted by molar-refractivity contribution is 0.0954. The minimum Gasteiger partial charge on any atom is -0.373 e. The van der Waals surface area contributed by atoms with Crippen LogP contribution in [0.15, 0.2) is 53.4 Å². The first-order valence-corrected chi connectivity index (χ1v) is 10.2. The molecule has 6 nitrogen and oxygen atoms in total. The lowest BCUT2D eigenvalue weighted by atomic mass is 10.2. The first-order valence-electron chi connectivity index (χ1n) is 8.73. The summed E-state index contributed by atoms with van der Waals surface area (Å²) in [6.07, 6.45) is 1.49. The van der Waals surface area contributed by atoms with Crippen LogP contribution in [0, 0.1) is 5.82 Å². The maximum Gasteiger partial charge on any atom is 0.251 e. The minimum atomic E-state index is -3.97. The van der Waals surface area contributed by atoms with Crippen LogP contribution in [-0.4, -0.2) is 40.5 Å². The molecule has 0 aliphatic heterocycles. The fourth-order valence-electron chi connectivity index (χ4n) is 2.59. The molecule has 1 fully saturated rings. The molecule has 0 saturated heterocycles. The maximum absolute atomic E-state index is 14.0. The SMILES string of the molecule is CN(CCNC(=O)c1ccc(F)c(S(=O)(=O)NC2CC2)c1)c1ccccc1. The average Bonchev–Trinajstić information content (AvgIpc) is 3.45. The van der Waals surface area contributed by atoms with E-state index in [2.05, 4.69) is 10.0 Å². The number of benzene rings is 2. The number of nitrogens with one attached hydrogen (secondary N) is 2. The van der Waals surface area contributed by atoms with E-state index in [9.17, 15) is 17.6 Å². The third-order valence-electron chi connectivity index (χ3n) is 4.31. The van der Waals surface area contributed by atoms with Crippen LogP contribution in [-0.2, 0) is 10.0 Å². The summed E-state index contributed by atoms with van der Waals surface area (Å²) in [7, 11) is -2.06. The number of halogens is 1. The highest BCUT2D eigenvalue weighted by Crippen LogP contribution is 2.24. The fourth-order valence-corrected chi connectivity index (χ4v) is 3.99. The third kappa shape index (κ3) is 5.05. The highest BCUT2D eigenvalue weighted by atomic mass is 32.2. The summed E-state index contributed by atoms with van der Waals surface area (Å²) in [5.41, 5.74) is 1.13. The van der Waals surface area contributed by atoms with E-state index in [1.807, 2.05) is 42.3 Å². The van der Waals surface area contributed by atoms with Gasteiger partial charge >= 0.3 is 0 Å². The molecule has 0 unspecified atom stereocenters. The van der Waals surface area contributed by atoms with Crippen molar-refractivity contribution >= 4 is 21.6 Å². The molecular formula is C19H22FN3O3S. The quantitative estimate of drug-likeness (QED) is 0.723. The van der Waals surface area contributed by atoms with Gasteiger partial charge in [0.25, 0.3) is 5.91 Å². The molecule has 0 bridgehead atoms. The van der Waals surface area contributed by atoms with Gasteiger partial charge < -0.3 is 10.2 Å². The Kier molecular flexibility index (Phi) is 5.76. The van der Waals surface area contributed by atoms with Gasteiger partial charge in [0.15, 0.2) is 0 Å². The smallest absolute Gasteiger partial charge is 0.251 e. The van der Waals surface area contributed by atoms with Crippen molar-refractivity contribution in [1.82, 2.24) is 10.0 Å².